The Hall–Kier alpha value is -0.920. The molecule has 0 unspecified atom stereocenters. The Morgan fingerprint density at radius 2 is 2.04 bits per heavy atom. The van der Waals surface area contributed by atoms with E-state index in [2.05, 4.69) is 33.4 Å². The molecule has 130 valence electrons. The molecular weight excluding hydrogens is 342 g/mol. The molecule has 0 aromatic carbocycles. The monoisotopic (exact) mass is 365 g/mol. The Morgan fingerprint density at radius 3 is 2.79 bits per heavy atom. The zero-order valence-corrected chi connectivity index (χ0v) is 15.3. The Bertz CT molecular complexity index is 566. The Labute approximate surface area is 151 Å². The van der Waals surface area contributed by atoms with Gasteiger partial charge in [0.25, 0.3) is 0 Å². The molecule has 0 spiro atoms. The lowest BCUT2D eigenvalue weighted by molar-refractivity contribution is 0.116. The molecule has 0 aliphatic carbocycles. The molecule has 3 aliphatic rings. The van der Waals surface area contributed by atoms with Crippen LogP contribution in [0.1, 0.15) is 5.69 Å². The number of nitrogens with zero attached hydrogens (tertiary/aromatic N) is 3. The van der Waals surface area contributed by atoms with Crippen LogP contribution in [0.2, 0.25) is 0 Å². The first-order chi connectivity index (χ1) is 11.8. The average Bonchev–Trinajstić information content (AvgIpc) is 2.99. The van der Waals surface area contributed by atoms with Crippen molar-refractivity contribution in [1.29, 1.82) is 0 Å². The van der Waals surface area contributed by atoms with Crippen molar-refractivity contribution in [2.24, 2.45) is 0 Å². The van der Waals surface area contributed by atoms with E-state index in [1.165, 1.54) is 23.0 Å². The number of aromatic nitrogens is 1. The third kappa shape index (κ3) is 3.53. The van der Waals surface area contributed by atoms with Crippen LogP contribution in [0, 0.1) is 0 Å². The maximum absolute atomic E-state index is 12.2. The summed E-state index contributed by atoms with van der Waals surface area (Å²) in [7, 11) is 0. The number of likely N-dealkylation sites (tertiary alicyclic amines) is 1. The summed E-state index contributed by atoms with van der Waals surface area (Å²) in [5, 5.41) is 0. The zero-order valence-electron chi connectivity index (χ0n) is 13.7. The van der Waals surface area contributed by atoms with Gasteiger partial charge in [0, 0.05) is 67.0 Å². The summed E-state index contributed by atoms with van der Waals surface area (Å²) in [4.78, 5) is 21.0. The van der Waals surface area contributed by atoms with Crippen LogP contribution >= 0.6 is 23.5 Å². The minimum absolute atomic E-state index is 0.0412. The SMILES string of the molecule is O=C1O[C@@H]2CN(C3CSCCSC3)C[C@@H]2N1CCc1ccccn1. The second-order valence-corrected chi connectivity index (χ2v) is 8.81. The van der Waals surface area contributed by atoms with Crippen LogP contribution in [0.15, 0.2) is 24.4 Å². The lowest BCUT2D eigenvalue weighted by atomic mass is 10.2. The van der Waals surface area contributed by atoms with Gasteiger partial charge in [-0.3, -0.25) is 14.8 Å². The molecule has 1 aromatic heterocycles. The van der Waals surface area contributed by atoms with Gasteiger partial charge in [-0.1, -0.05) is 6.07 Å². The van der Waals surface area contributed by atoms with E-state index in [9.17, 15) is 4.79 Å². The fourth-order valence-corrected chi connectivity index (χ4v) is 6.31. The summed E-state index contributed by atoms with van der Waals surface area (Å²) in [5.41, 5.74) is 1.03. The molecule has 0 bridgehead atoms. The molecule has 0 N–H and O–H groups in total. The molecule has 24 heavy (non-hydrogen) atoms. The van der Waals surface area contributed by atoms with Gasteiger partial charge in [-0.2, -0.15) is 23.5 Å². The third-order valence-electron chi connectivity index (χ3n) is 5.00. The van der Waals surface area contributed by atoms with E-state index >= 15 is 0 Å². The van der Waals surface area contributed by atoms with Gasteiger partial charge in [-0.05, 0) is 12.1 Å². The van der Waals surface area contributed by atoms with Gasteiger partial charge in [-0.15, -0.1) is 0 Å². The highest BCUT2D eigenvalue weighted by atomic mass is 32.2. The van der Waals surface area contributed by atoms with E-state index in [1.54, 1.807) is 6.20 Å². The quantitative estimate of drug-likeness (QED) is 0.813. The number of rotatable bonds is 4. The van der Waals surface area contributed by atoms with Crippen LogP contribution in [0.3, 0.4) is 0 Å². The Balaban J connectivity index is 1.37. The molecule has 5 nitrogen and oxygen atoms in total. The van der Waals surface area contributed by atoms with E-state index in [4.69, 9.17) is 4.74 Å². The molecule has 3 fully saturated rings. The fraction of sp³-hybridized carbons (Fsp3) is 0.647. The largest absolute Gasteiger partial charge is 0.442 e. The second kappa shape index (κ2) is 7.54. The van der Waals surface area contributed by atoms with Crippen LogP contribution in [0.4, 0.5) is 4.79 Å². The maximum atomic E-state index is 12.2. The van der Waals surface area contributed by atoms with Crippen molar-refractivity contribution >= 4 is 29.6 Å². The zero-order chi connectivity index (χ0) is 16.4. The van der Waals surface area contributed by atoms with Crippen LogP contribution in [-0.4, -0.2) is 81.7 Å². The molecule has 4 rings (SSSR count). The Morgan fingerprint density at radius 1 is 1.21 bits per heavy atom. The van der Waals surface area contributed by atoms with Crippen molar-refractivity contribution in [3.8, 4) is 0 Å². The first-order valence-electron chi connectivity index (χ1n) is 8.58. The fourth-order valence-electron chi connectivity index (χ4n) is 3.68. The molecule has 0 saturated carbocycles. The highest BCUT2D eigenvalue weighted by Gasteiger charge is 2.48. The average molecular weight is 366 g/mol. The normalized spacial score (nSPS) is 28.7. The van der Waals surface area contributed by atoms with Crippen LogP contribution in [0.25, 0.3) is 0 Å². The number of thioether (sulfide) groups is 2. The van der Waals surface area contributed by atoms with E-state index in [-0.39, 0.29) is 18.2 Å². The number of hydrogen-bond acceptors (Lipinski definition) is 6. The van der Waals surface area contributed by atoms with Gasteiger partial charge in [0.2, 0.25) is 0 Å². The smallest absolute Gasteiger partial charge is 0.410 e. The summed E-state index contributed by atoms with van der Waals surface area (Å²) < 4.78 is 5.65. The van der Waals surface area contributed by atoms with Gasteiger partial charge in [0.05, 0.1) is 6.04 Å². The molecule has 0 radical (unpaired) electrons. The molecule has 1 amide bonds. The van der Waals surface area contributed by atoms with Gasteiger partial charge >= 0.3 is 6.09 Å². The minimum Gasteiger partial charge on any atom is -0.442 e. The van der Waals surface area contributed by atoms with E-state index in [1.807, 2.05) is 23.1 Å². The maximum Gasteiger partial charge on any atom is 0.410 e. The van der Waals surface area contributed by atoms with Gasteiger partial charge in [-0.25, -0.2) is 4.79 Å². The standard InChI is InChI=1S/C17H23N3O2S2/c21-17-20(6-4-13-3-1-2-5-18-13)15-9-19(10-16(15)22-17)14-11-23-7-8-24-12-14/h1-3,5,14-16H,4,6-12H2/t15-,16+/m0/s1. The second-order valence-electron chi connectivity index (χ2n) is 6.51. The molecule has 1 aromatic rings. The number of ether oxygens (including phenoxy) is 1. The number of pyridine rings is 1. The summed E-state index contributed by atoms with van der Waals surface area (Å²) in [5.74, 6) is 4.92. The Kier molecular flexibility index (Phi) is 5.20. The first-order valence-corrected chi connectivity index (χ1v) is 10.9. The van der Waals surface area contributed by atoms with Crippen molar-refractivity contribution in [1.82, 2.24) is 14.8 Å². The third-order valence-corrected chi connectivity index (χ3v) is 7.48. The lowest BCUT2D eigenvalue weighted by Gasteiger charge is -2.28. The predicted molar refractivity (Wildman–Crippen MR) is 98.7 cm³/mol. The highest BCUT2D eigenvalue weighted by Crippen LogP contribution is 2.30. The van der Waals surface area contributed by atoms with Crippen LogP contribution in [0.5, 0.6) is 0 Å². The number of amides is 1. The summed E-state index contributed by atoms with van der Waals surface area (Å²) in [6.07, 6.45) is 2.48. The van der Waals surface area contributed by atoms with Gasteiger partial charge in [0.1, 0.15) is 6.10 Å². The molecule has 2 atom stereocenters. The summed E-state index contributed by atoms with van der Waals surface area (Å²) in [6, 6.07) is 6.75. The van der Waals surface area contributed by atoms with Crippen molar-refractivity contribution in [3.05, 3.63) is 30.1 Å². The van der Waals surface area contributed by atoms with Crippen LogP contribution in [-0.2, 0) is 11.2 Å². The number of fused-ring (bicyclic) bond motifs is 1. The first kappa shape index (κ1) is 16.5. The summed E-state index contributed by atoms with van der Waals surface area (Å²) >= 11 is 4.11. The molecule has 4 heterocycles. The van der Waals surface area contributed by atoms with E-state index < -0.39 is 0 Å². The predicted octanol–water partition coefficient (Wildman–Crippen LogP) is 1.98. The molecule has 3 saturated heterocycles. The topological polar surface area (TPSA) is 45.7 Å². The molecule has 3 aliphatic heterocycles. The van der Waals surface area contributed by atoms with Crippen molar-refractivity contribution in [2.45, 2.75) is 24.6 Å². The van der Waals surface area contributed by atoms with E-state index in [0.717, 1.165) is 25.2 Å². The van der Waals surface area contributed by atoms with Gasteiger partial charge in [0.15, 0.2) is 0 Å². The molecular formula is C17H23N3O2S2. The van der Waals surface area contributed by atoms with Crippen molar-refractivity contribution in [3.63, 3.8) is 0 Å². The lowest BCUT2D eigenvalue weighted by Crippen LogP contribution is -2.42. The highest BCUT2D eigenvalue weighted by molar-refractivity contribution is 8.03. The molecule has 7 heteroatoms. The van der Waals surface area contributed by atoms with Crippen molar-refractivity contribution < 1.29 is 9.53 Å². The number of carbonyl (C=O) groups excluding carboxylic acids is 1. The van der Waals surface area contributed by atoms with Crippen LogP contribution < -0.4 is 0 Å². The minimum atomic E-state index is -0.148. The number of hydrogen-bond donors (Lipinski definition) is 0. The number of carbonyl (C=O) groups is 1. The van der Waals surface area contributed by atoms with Gasteiger partial charge < -0.3 is 4.74 Å². The van der Waals surface area contributed by atoms with E-state index in [0.29, 0.717) is 12.6 Å². The summed E-state index contributed by atoms with van der Waals surface area (Å²) in [6.45, 7) is 2.53. The van der Waals surface area contributed by atoms with Crippen molar-refractivity contribution in [2.75, 3.05) is 42.6 Å².